The minimum absolute atomic E-state index is 0.158. The highest BCUT2D eigenvalue weighted by Gasteiger charge is 2.28. The van der Waals surface area contributed by atoms with Gasteiger partial charge in [0.15, 0.2) is 0 Å². The second kappa shape index (κ2) is 8.43. The van der Waals surface area contributed by atoms with E-state index in [1.807, 2.05) is 60.1 Å². The zero-order chi connectivity index (χ0) is 22.9. The Hall–Kier alpha value is -3.12. The van der Waals surface area contributed by atoms with Crippen LogP contribution in [0.5, 0.6) is 5.75 Å². The standard InChI is InChI=1S/C26H29N3O2S/c1-25(2,3)17-26(4,5)28-23-22(27-21-14-8-9-15-29(21)23)18-11-6-7-12-19(18)31-24(30)20-13-10-16-32-20/h6-16,28H,17H2,1-5H3. The smallest absolute Gasteiger partial charge is 0.353 e. The molecule has 6 heteroatoms. The molecule has 0 aliphatic rings. The molecule has 0 radical (unpaired) electrons. The predicted octanol–water partition coefficient (Wildman–Crippen LogP) is 6.91. The van der Waals surface area contributed by atoms with Gasteiger partial charge < -0.3 is 10.1 Å². The third kappa shape index (κ3) is 4.86. The summed E-state index contributed by atoms with van der Waals surface area (Å²) in [5, 5.41) is 5.60. The van der Waals surface area contributed by atoms with Crippen molar-refractivity contribution >= 4 is 28.8 Å². The van der Waals surface area contributed by atoms with Crippen LogP contribution in [0.1, 0.15) is 50.7 Å². The molecule has 4 rings (SSSR count). The molecule has 0 aliphatic heterocycles. The van der Waals surface area contributed by atoms with Gasteiger partial charge in [0.25, 0.3) is 0 Å². The highest BCUT2D eigenvalue weighted by atomic mass is 32.1. The van der Waals surface area contributed by atoms with Crippen LogP contribution >= 0.6 is 11.3 Å². The van der Waals surface area contributed by atoms with Crippen molar-refractivity contribution < 1.29 is 9.53 Å². The fourth-order valence-electron chi connectivity index (χ4n) is 4.29. The molecule has 3 aromatic heterocycles. The Balaban J connectivity index is 1.79. The van der Waals surface area contributed by atoms with Gasteiger partial charge in [-0.05, 0) is 61.4 Å². The number of imidazole rings is 1. The number of nitrogens with one attached hydrogen (secondary N) is 1. The van der Waals surface area contributed by atoms with Crippen molar-refractivity contribution in [3.05, 3.63) is 71.1 Å². The second-order valence-electron chi connectivity index (χ2n) is 9.85. The Bertz CT molecular complexity index is 1230. The van der Waals surface area contributed by atoms with Gasteiger partial charge in [-0.2, -0.15) is 0 Å². The number of carbonyl (C=O) groups excluding carboxylic acids is 1. The minimum atomic E-state index is -0.362. The van der Waals surface area contributed by atoms with Gasteiger partial charge >= 0.3 is 5.97 Å². The highest BCUT2D eigenvalue weighted by molar-refractivity contribution is 7.12. The normalized spacial score (nSPS) is 12.2. The molecule has 0 spiro atoms. The van der Waals surface area contributed by atoms with Gasteiger partial charge in [-0.25, -0.2) is 9.78 Å². The van der Waals surface area contributed by atoms with Gasteiger partial charge in [-0.1, -0.05) is 45.0 Å². The summed E-state index contributed by atoms with van der Waals surface area (Å²) < 4.78 is 7.85. The number of pyridine rings is 1. The van der Waals surface area contributed by atoms with E-state index in [-0.39, 0.29) is 16.9 Å². The Morgan fingerprint density at radius 1 is 1.03 bits per heavy atom. The van der Waals surface area contributed by atoms with Crippen LogP contribution < -0.4 is 10.1 Å². The number of aromatic nitrogens is 2. The number of rotatable bonds is 6. The number of anilines is 1. The molecule has 0 fully saturated rings. The molecule has 0 atom stereocenters. The average Bonchev–Trinajstić information content (AvgIpc) is 3.35. The van der Waals surface area contributed by atoms with Gasteiger partial charge in [0.1, 0.15) is 27.8 Å². The van der Waals surface area contributed by atoms with Crippen molar-refractivity contribution in [2.75, 3.05) is 5.32 Å². The molecule has 166 valence electrons. The summed E-state index contributed by atoms with van der Waals surface area (Å²) in [5.41, 5.74) is 2.34. The van der Waals surface area contributed by atoms with E-state index in [2.05, 4.69) is 44.3 Å². The number of thiophene rings is 1. The van der Waals surface area contributed by atoms with Crippen molar-refractivity contribution in [3.8, 4) is 17.0 Å². The number of fused-ring (bicyclic) bond motifs is 1. The van der Waals surface area contributed by atoms with E-state index in [0.29, 0.717) is 10.6 Å². The lowest BCUT2D eigenvalue weighted by atomic mass is 9.82. The molecular weight excluding hydrogens is 418 g/mol. The van der Waals surface area contributed by atoms with E-state index in [1.165, 1.54) is 11.3 Å². The van der Waals surface area contributed by atoms with Crippen LogP contribution in [-0.4, -0.2) is 20.9 Å². The second-order valence-corrected chi connectivity index (χ2v) is 10.8. The SMILES string of the molecule is CC(C)(C)CC(C)(C)Nc1c(-c2ccccc2OC(=O)c2cccs2)nc2ccccn12. The van der Waals surface area contributed by atoms with E-state index < -0.39 is 0 Å². The third-order valence-corrected chi connectivity index (χ3v) is 5.88. The lowest BCUT2D eigenvalue weighted by Gasteiger charge is -2.34. The van der Waals surface area contributed by atoms with E-state index in [4.69, 9.17) is 9.72 Å². The lowest BCUT2D eigenvalue weighted by Crippen LogP contribution is -2.36. The zero-order valence-electron chi connectivity index (χ0n) is 19.2. The first kappa shape index (κ1) is 22.1. The topological polar surface area (TPSA) is 55.6 Å². The number of nitrogens with zero attached hydrogens (tertiary/aromatic N) is 2. The summed E-state index contributed by atoms with van der Waals surface area (Å²) >= 11 is 1.37. The van der Waals surface area contributed by atoms with Gasteiger partial charge in [0.05, 0.1) is 0 Å². The first-order valence-electron chi connectivity index (χ1n) is 10.7. The summed E-state index contributed by atoms with van der Waals surface area (Å²) in [6, 6.07) is 17.1. The summed E-state index contributed by atoms with van der Waals surface area (Å²) in [6.07, 6.45) is 2.97. The first-order valence-corrected chi connectivity index (χ1v) is 11.6. The maximum Gasteiger partial charge on any atom is 0.353 e. The largest absolute Gasteiger partial charge is 0.422 e. The van der Waals surface area contributed by atoms with Crippen molar-refractivity contribution in [1.82, 2.24) is 9.38 Å². The summed E-state index contributed by atoms with van der Waals surface area (Å²) in [5.74, 6) is 1.01. The van der Waals surface area contributed by atoms with Gasteiger partial charge in [0, 0.05) is 17.3 Å². The van der Waals surface area contributed by atoms with Gasteiger partial charge in [-0.15, -0.1) is 11.3 Å². The molecule has 5 nitrogen and oxygen atoms in total. The molecule has 1 aromatic carbocycles. The number of benzene rings is 1. The number of carbonyl (C=O) groups is 1. The quantitative estimate of drug-likeness (QED) is 0.258. The third-order valence-electron chi connectivity index (χ3n) is 5.03. The van der Waals surface area contributed by atoms with Crippen LogP contribution in [0.15, 0.2) is 66.2 Å². The number of ether oxygens (including phenoxy) is 1. The first-order chi connectivity index (χ1) is 15.1. The Kier molecular flexibility index (Phi) is 5.82. The molecule has 0 saturated carbocycles. The molecule has 1 N–H and O–H groups in total. The number of para-hydroxylation sites is 1. The van der Waals surface area contributed by atoms with Crippen molar-refractivity contribution in [2.24, 2.45) is 5.41 Å². The maximum atomic E-state index is 12.6. The summed E-state index contributed by atoms with van der Waals surface area (Å²) in [4.78, 5) is 18.1. The van der Waals surface area contributed by atoms with E-state index >= 15 is 0 Å². The molecular formula is C26H29N3O2S. The molecule has 0 amide bonds. The summed E-state index contributed by atoms with van der Waals surface area (Å²) in [6.45, 7) is 11.1. The lowest BCUT2D eigenvalue weighted by molar-refractivity contribution is 0.0740. The van der Waals surface area contributed by atoms with Crippen LogP contribution in [0.2, 0.25) is 0 Å². The van der Waals surface area contributed by atoms with Crippen molar-refractivity contribution in [2.45, 2.75) is 46.6 Å². The molecule has 0 aliphatic carbocycles. The Labute approximate surface area is 193 Å². The number of hydrogen-bond donors (Lipinski definition) is 1. The molecule has 0 unspecified atom stereocenters. The van der Waals surface area contributed by atoms with Crippen LogP contribution in [0.25, 0.3) is 16.9 Å². The molecule has 32 heavy (non-hydrogen) atoms. The van der Waals surface area contributed by atoms with E-state index in [1.54, 1.807) is 6.07 Å². The monoisotopic (exact) mass is 447 g/mol. The van der Waals surface area contributed by atoms with Gasteiger partial charge in [0.2, 0.25) is 0 Å². The summed E-state index contributed by atoms with van der Waals surface area (Å²) in [7, 11) is 0. The van der Waals surface area contributed by atoms with E-state index in [9.17, 15) is 4.79 Å². The van der Waals surface area contributed by atoms with Crippen LogP contribution in [-0.2, 0) is 0 Å². The van der Waals surface area contributed by atoms with Crippen molar-refractivity contribution in [3.63, 3.8) is 0 Å². The average molecular weight is 448 g/mol. The molecule has 0 bridgehead atoms. The Morgan fingerprint density at radius 3 is 2.50 bits per heavy atom. The predicted molar refractivity (Wildman–Crippen MR) is 132 cm³/mol. The molecule has 3 heterocycles. The van der Waals surface area contributed by atoms with Gasteiger partial charge in [-0.3, -0.25) is 4.40 Å². The zero-order valence-corrected chi connectivity index (χ0v) is 20.0. The van der Waals surface area contributed by atoms with Crippen molar-refractivity contribution in [1.29, 1.82) is 0 Å². The fourth-order valence-corrected chi connectivity index (χ4v) is 4.89. The van der Waals surface area contributed by atoms with Crippen LogP contribution in [0.3, 0.4) is 0 Å². The van der Waals surface area contributed by atoms with Crippen LogP contribution in [0, 0.1) is 5.41 Å². The number of esters is 1. The molecule has 4 aromatic rings. The van der Waals surface area contributed by atoms with E-state index in [0.717, 1.165) is 29.1 Å². The Morgan fingerprint density at radius 2 is 1.78 bits per heavy atom. The minimum Gasteiger partial charge on any atom is -0.422 e. The number of hydrogen-bond acceptors (Lipinski definition) is 5. The molecule has 0 saturated heterocycles. The maximum absolute atomic E-state index is 12.6. The highest BCUT2D eigenvalue weighted by Crippen LogP contribution is 2.38. The van der Waals surface area contributed by atoms with Crippen LogP contribution in [0.4, 0.5) is 5.82 Å². The fraction of sp³-hybridized carbons (Fsp3) is 0.308.